The van der Waals surface area contributed by atoms with E-state index in [1.807, 2.05) is 26.0 Å². The highest BCUT2D eigenvalue weighted by atomic mass is 16.1. The number of aromatic nitrogens is 3. The Hall–Kier alpha value is -2.50. The SMILES string of the molecule is Cc1nnc(NC(=O)Cc2ccc(N)cc2)nc1C. The summed E-state index contributed by atoms with van der Waals surface area (Å²) in [7, 11) is 0. The van der Waals surface area contributed by atoms with Gasteiger partial charge in [-0.2, -0.15) is 5.10 Å². The summed E-state index contributed by atoms with van der Waals surface area (Å²) in [6.45, 7) is 3.63. The number of hydrogen-bond donors (Lipinski definition) is 2. The molecule has 0 unspecified atom stereocenters. The monoisotopic (exact) mass is 257 g/mol. The number of nitrogen functional groups attached to an aromatic ring is 1. The summed E-state index contributed by atoms with van der Waals surface area (Å²) in [6.07, 6.45) is 0.247. The average Bonchev–Trinajstić information content (AvgIpc) is 2.37. The normalized spacial score (nSPS) is 10.2. The maximum absolute atomic E-state index is 11.8. The Kier molecular flexibility index (Phi) is 3.70. The van der Waals surface area contributed by atoms with E-state index in [0.29, 0.717) is 5.69 Å². The van der Waals surface area contributed by atoms with Gasteiger partial charge in [-0.05, 0) is 31.5 Å². The molecule has 0 saturated carbocycles. The second kappa shape index (κ2) is 5.43. The molecule has 19 heavy (non-hydrogen) atoms. The molecule has 1 aromatic carbocycles. The van der Waals surface area contributed by atoms with E-state index in [1.165, 1.54) is 0 Å². The number of nitrogens with one attached hydrogen (secondary N) is 1. The number of carbonyl (C=O) groups excluding carboxylic acids is 1. The van der Waals surface area contributed by atoms with Crippen molar-refractivity contribution < 1.29 is 4.79 Å². The standard InChI is InChI=1S/C13H15N5O/c1-8-9(2)17-18-13(15-8)16-12(19)7-10-3-5-11(14)6-4-10/h3-6H,7,14H2,1-2H3,(H,15,16,18,19). The number of aryl methyl sites for hydroxylation is 2. The first kappa shape index (κ1) is 12.9. The fourth-order valence-corrected chi connectivity index (χ4v) is 1.50. The molecule has 2 rings (SSSR count). The summed E-state index contributed by atoms with van der Waals surface area (Å²) in [5.41, 5.74) is 8.63. The molecule has 0 atom stereocenters. The van der Waals surface area contributed by atoms with Gasteiger partial charge in [-0.15, -0.1) is 5.10 Å². The van der Waals surface area contributed by atoms with Crippen molar-refractivity contribution in [3.8, 4) is 0 Å². The van der Waals surface area contributed by atoms with E-state index in [-0.39, 0.29) is 18.3 Å². The summed E-state index contributed by atoms with van der Waals surface area (Å²) in [5.74, 6) is 0.0402. The molecular weight excluding hydrogens is 242 g/mol. The topological polar surface area (TPSA) is 93.8 Å². The van der Waals surface area contributed by atoms with Crippen molar-refractivity contribution in [1.29, 1.82) is 0 Å². The number of nitrogens with zero attached hydrogens (tertiary/aromatic N) is 3. The third kappa shape index (κ3) is 3.48. The van der Waals surface area contributed by atoms with E-state index in [1.54, 1.807) is 12.1 Å². The molecule has 0 aliphatic carbocycles. The van der Waals surface area contributed by atoms with Gasteiger partial charge in [0.15, 0.2) is 0 Å². The summed E-state index contributed by atoms with van der Waals surface area (Å²) in [5, 5.41) is 10.3. The van der Waals surface area contributed by atoms with Crippen LogP contribution in [-0.4, -0.2) is 21.1 Å². The lowest BCUT2D eigenvalue weighted by molar-refractivity contribution is -0.115. The van der Waals surface area contributed by atoms with Crippen molar-refractivity contribution in [3.63, 3.8) is 0 Å². The first-order valence-electron chi connectivity index (χ1n) is 5.87. The summed E-state index contributed by atoms with van der Waals surface area (Å²) < 4.78 is 0. The molecule has 1 amide bonds. The van der Waals surface area contributed by atoms with Gasteiger partial charge in [0, 0.05) is 5.69 Å². The Balaban J connectivity index is 2.01. The highest BCUT2D eigenvalue weighted by Crippen LogP contribution is 2.07. The summed E-state index contributed by atoms with van der Waals surface area (Å²) >= 11 is 0. The zero-order chi connectivity index (χ0) is 13.8. The van der Waals surface area contributed by atoms with Crippen LogP contribution in [-0.2, 0) is 11.2 Å². The van der Waals surface area contributed by atoms with E-state index in [9.17, 15) is 4.79 Å². The van der Waals surface area contributed by atoms with Gasteiger partial charge in [-0.1, -0.05) is 12.1 Å². The highest BCUT2D eigenvalue weighted by molar-refractivity contribution is 5.90. The van der Waals surface area contributed by atoms with Gasteiger partial charge < -0.3 is 5.73 Å². The number of amides is 1. The molecule has 6 nitrogen and oxygen atoms in total. The summed E-state index contributed by atoms with van der Waals surface area (Å²) in [6, 6.07) is 7.15. The molecule has 1 aromatic heterocycles. The van der Waals surface area contributed by atoms with E-state index < -0.39 is 0 Å². The Labute approximate surface area is 111 Å². The number of benzene rings is 1. The fourth-order valence-electron chi connectivity index (χ4n) is 1.50. The van der Waals surface area contributed by atoms with Crippen LogP contribution >= 0.6 is 0 Å². The largest absolute Gasteiger partial charge is 0.399 e. The van der Waals surface area contributed by atoms with Crippen LogP contribution in [0.15, 0.2) is 24.3 Å². The minimum atomic E-state index is -0.185. The molecule has 0 radical (unpaired) electrons. The van der Waals surface area contributed by atoms with Crippen LogP contribution in [0.5, 0.6) is 0 Å². The first-order valence-corrected chi connectivity index (χ1v) is 5.87. The average molecular weight is 257 g/mol. The van der Waals surface area contributed by atoms with Gasteiger partial charge >= 0.3 is 0 Å². The maximum atomic E-state index is 11.8. The van der Waals surface area contributed by atoms with Crippen LogP contribution in [0.25, 0.3) is 0 Å². The molecule has 0 aliphatic rings. The van der Waals surface area contributed by atoms with E-state index in [0.717, 1.165) is 17.0 Å². The molecule has 98 valence electrons. The smallest absolute Gasteiger partial charge is 0.249 e. The zero-order valence-electron chi connectivity index (χ0n) is 10.8. The van der Waals surface area contributed by atoms with Crippen molar-refractivity contribution in [3.05, 3.63) is 41.2 Å². The van der Waals surface area contributed by atoms with Crippen LogP contribution in [0.1, 0.15) is 17.0 Å². The van der Waals surface area contributed by atoms with Crippen molar-refractivity contribution in [2.24, 2.45) is 0 Å². The number of anilines is 2. The lowest BCUT2D eigenvalue weighted by Gasteiger charge is -2.05. The summed E-state index contributed by atoms with van der Waals surface area (Å²) in [4.78, 5) is 16.0. The van der Waals surface area contributed by atoms with Crippen molar-refractivity contribution >= 4 is 17.5 Å². The van der Waals surface area contributed by atoms with E-state index in [4.69, 9.17) is 5.73 Å². The predicted molar refractivity (Wildman–Crippen MR) is 72.5 cm³/mol. The Morgan fingerprint density at radius 2 is 1.84 bits per heavy atom. The number of rotatable bonds is 3. The fraction of sp³-hybridized carbons (Fsp3) is 0.231. The molecule has 2 aromatic rings. The van der Waals surface area contributed by atoms with Crippen molar-refractivity contribution in [2.75, 3.05) is 11.1 Å². The molecule has 0 saturated heterocycles. The molecular formula is C13H15N5O. The molecule has 0 spiro atoms. The number of nitrogens with two attached hydrogens (primary N) is 1. The molecule has 0 bridgehead atoms. The van der Waals surface area contributed by atoms with Gasteiger partial charge in [0.2, 0.25) is 11.9 Å². The molecule has 0 aliphatic heterocycles. The predicted octanol–water partition coefficient (Wildman–Crippen LogP) is 1.25. The van der Waals surface area contributed by atoms with Crippen molar-refractivity contribution in [1.82, 2.24) is 15.2 Å². The van der Waals surface area contributed by atoms with Crippen LogP contribution in [0.4, 0.5) is 11.6 Å². The molecule has 3 N–H and O–H groups in total. The van der Waals surface area contributed by atoms with Crippen LogP contribution in [0.2, 0.25) is 0 Å². The van der Waals surface area contributed by atoms with Crippen molar-refractivity contribution in [2.45, 2.75) is 20.3 Å². The van der Waals surface area contributed by atoms with Crippen LogP contribution < -0.4 is 11.1 Å². The lowest BCUT2D eigenvalue weighted by atomic mass is 10.1. The van der Waals surface area contributed by atoms with Gasteiger partial charge in [0.05, 0.1) is 17.8 Å². The maximum Gasteiger partial charge on any atom is 0.249 e. The first-order chi connectivity index (χ1) is 9.04. The van der Waals surface area contributed by atoms with Gasteiger partial charge in [-0.3, -0.25) is 10.1 Å². The van der Waals surface area contributed by atoms with Crippen LogP contribution in [0.3, 0.4) is 0 Å². The number of hydrogen-bond acceptors (Lipinski definition) is 5. The van der Waals surface area contributed by atoms with Gasteiger partial charge in [0.1, 0.15) is 0 Å². The number of carbonyl (C=O) groups is 1. The Morgan fingerprint density at radius 1 is 1.16 bits per heavy atom. The lowest BCUT2D eigenvalue weighted by Crippen LogP contribution is -2.17. The quantitative estimate of drug-likeness (QED) is 0.807. The Morgan fingerprint density at radius 3 is 2.47 bits per heavy atom. The molecule has 0 fully saturated rings. The van der Waals surface area contributed by atoms with E-state index in [2.05, 4.69) is 20.5 Å². The zero-order valence-corrected chi connectivity index (χ0v) is 10.8. The third-order valence-electron chi connectivity index (χ3n) is 2.69. The second-order valence-corrected chi connectivity index (χ2v) is 4.27. The van der Waals surface area contributed by atoms with Crippen LogP contribution in [0, 0.1) is 13.8 Å². The van der Waals surface area contributed by atoms with Gasteiger partial charge in [0.25, 0.3) is 0 Å². The second-order valence-electron chi connectivity index (χ2n) is 4.27. The van der Waals surface area contributed by atoms with E-state index >= 15 is 0 Å². The minimum absolute atomic E-state index is 0.185. The third-order valence-corrected chi connectivity index (χ3v) is 2.69. The molecule has 1 heterocycles. The van der Waals surface area contributed by atoms with Gasteiger partial charge in [-0.25, -0.2) is 4.98 Å². The molecule has 6 heteroatoms. The minimum Gasteiger partial charge on any atom is -0.399 e. The Bertz CT molecular complexity index is 594. The highest BCUT2D eigenvalue weighted by Gasteiger charge is 2.07.